The van der Waals surface area contributed by atoms with Gasteiger partial charge in [0.15, 0.2) is 5.78 Å². The topological polar surface area (TPSA) is 75.7 Å². The quantitative estimate of drug-likeness (QED) is 0.837. The van der Waals surface area contributed by atoms with Crippen molar-refractivity contribution in [2.75, 3.05) is 13.1 Å². The monoisotopic (exact) mass is 338 g/mol. The molecule has 6 nitrogen and oxygen atoms in total. The second-order valence-corrected chi connectivity index (χ2v) is 7.36. The third kappa shape index (κ3) is 4.79. The van der Waals surface area contributed by atoms with Crippen molar-refractivity contribution in [1.82, 2.24) is 10.2 Å². The van der Waals surface area contributed by atoms with Gasteiger partial charge in [0, 0.05) is 19.5 Å². The van der Waals surface area contributed by atoms with Gasteiger partial charge in [-0.3, -0.25) is 9.59 Å². The molecule has 0 aromatic carbocycles. The van der Waals surface area contributed by atoms with Crippen molar-refractivity contribution in [3.05, 3.63) is 22.4 Å². The van der Waals surface area contributed by atoms with E-state index >= 15 is 0 Å². The molecule has 1 saturated heterocycles. The number of carbonyl (C=O) groups excluding carboxylic acids is 3. The number of ether oxygens (including phenoxy) is 1. The lowest BCUT2D eigenvalue weighted by Gasteiger charge is -2.24. The number of hydrogen-bond acceptors (Lipinski definition) is 5. The molecule has 126 valence electrons. The minimum Gasteiger partial charge on any atom is -0.444 e. The molecule has 0 spiro atoms. The van der Waals surface area contributed by atoms with E-state index in [0.717, 1.165) is 0 Å². The van der Waals surface area contributed by atoms with Crippen LogP contribution in [0.4, 0.5) is 4.79 Å². The minimum absolute atomic E-state index is 0.0249. The zero-order valence-electron chi connectivity index (χ0n) is 13.6. The molecule has 1 N–H and O–H groups in total. The minimum atomic E-state index is -0.564. The molecule has 1 aromatic heterocycles. The molecule has 1 aliphatic heterocycles. The Labute approximate surface area is 139 Å². The predicted octanol–water partition coefficient (Wildman–Crippen LogP) is 2.45. The van der Waals surface area contributed by atoms with Gasteiger partial charge < -0.3 is 15.0 Å². The van der Waals surface area contributed by atoms with Gasteiger partial charge >= 0.3 is 6.09 Å². The first-order valence-corrected chi connectivity index (χ1v) is 8.50. The van der Waals surface area contributed by atoms with E-state index in [2.05, 4.69) is 5.32 Å². The van der Waals surface area contributed by atoms with E-state index in [1.807, 2.05) is 11.4 Å². The molecule has 1 atom stereocenters. The molecule has 1 fully saturated rings. The number of likely N-dealkylation sites (tertiary alicyclic amines) is 1. The van der Waals surface area contributed by atoms with Gasteiger partial charge in [-0.05, 0) is 38.6 Å². The van der Waals surface area contributed by atoms with Gasteiger partial charge in [0.1, 0.15) is 5.60 Å². The fourth-order valence-electron chi connectivity index (χ4n) is 2.46. The molecule has 0 aliphatic carbocycles. The summed E-state index contributed by atoms with van der Waals surface area (Å²) in [5.74, 6) is -0.0750. The highest BCUT2D eigenvalue weighted by Gasteiger charge is 2.36. The highest BCUT2D eigenvalue weighted by Crippen LogP contribution is 2.23. The fraction of sp³-hybridized carbons (Fsp3) is 0.562. The first kappa shape index (κ1) is 17.5. The summed E-state index contributed by atoms with van der Waals surface area (Å²) < 4.78 is 5.14. The Kier molecular flexibility index (Phi) is 5.41. The standard InChI is InChI=1S/C16H22N2O4S/c1-16(2,3)22-15(21)17-8-9-18-11(6-7-13(18)19)14(20)12-5-4-10-23-12/h4-5,10-11H,6-9H2,1-3H3,(H,17,21). The average molecular weight is 338 g/mol. The van der Waals surface area contributed by atoms with E-state index in [0.29, 0.717) is 24.3 Å². The molecule has 23 heavy (non-hydrogen) atoms. The maximum atomic E-state index is 12.5. The van der Waals surface area contributed by atoms with Crippen LogP contribution in [0.15, 0.2) is 17.5 Å². The van der Waals surface area contributed by atoms with E-state index in [-0.39, 0.29) is 18.2 Å². The average Bonchev–Trinajstić information content (AvgIpc) is 3.07. The summed E-state index contributed by atoms with van der Waals surface area (Å²) in [5, 5.41) is 4.46. The van der Waals surface area contributed by atoms with Gasteiger partial charge in [-0.15, -0.1) is 11.3 Å². The Bertz CT molecular complexity index is 577. The number of alkyl carbamates (subject to hydrolysis) is 1. The molecule has 1 aliphatic rings. The number of carbonyl (C=O) groups is 3. The van der Waals surface area contributed by atoms with Crippen LogP contribution in [0.3, 0.4) is 0 Å². The molecule has 2 amide bonds. The zero-order chi connectivity index (χ0) is 17.0. The molecule has 1 aromatic rings. The largest absolute Gasteiger partial charge is 0.444 e. The highest BCUT2D eigenvalue weighted by atomic mass is 32.1. The summed E-state index contributed by atoms with van der Waals surface area (Å²) in [6.07, 6.45) is 0.376. The third-order valence-electron chi connectivity index (χ3n) is 3.42. The van der Waals surface area contributed by atoms with Gasteiger partial charge in [-0.1, -0.05) is 6.07 Å². The number of nitrogens with one attached hydrogen (secondary N) is 1. The van der Waals surface area contributed by atoms with Gasteiger partial charge in [-0.25, -0.2) is 4.79 Å². The first-order valence-electron chi connectivity index (χ1n) is 7.62. The molecule has 7 heteroatoms. The molecule has 0 radical (unpaired) electrons. The fourth-order valence-corrected chi connectivity index (χ4v) is 3.18. The number of hydrogen-bond donors (Lipinski definition) is 1. The number of ketones is 1. The highest BCUT2D eigenvalue weighted by molar-refractivity contribution is 7.12. The lowest BCUT2D eigenvalue weighted by molar-refractivity contribution is -0.128. The Balaban J connectivity index is 1.88. The van der Waals surface area contributed by atoms with Crippen molar-refractivity contribution in [3.63, 3.8) is 0 Å². The molecule has 0 bridgehead atoms. The van der Waals surface area contributed by atoms with Crippen LogP contribution in [0.25, 0.3) is 0 Å². The summed E-state index contributed by atoms with van der Waals surface area (Å²) in [5.41, 5.74) is -0.564. The van der Waals surface area contributed by atoms with E-state index in [1.165, 1.54) is 11.3 Å². The maximum Gasteiger partial charge on any atom is 0.407 e. The van der Waals surface area contributed by atoms with Crippen LogP contribution < -0.4 is 5.32 Å². The number of amides is 2. The van der Waals surface area contributed by atoms with Crippen molar-refractivity contribution in [2.24, 2.45) is 0 Å². The van der Waals surface area contributed by atoms with Crippen LogP contribution in [0, 0.1) is 0 Å². The lowest BCUT2D eigenvalue weighted by Crippen LogP contribution is -2.43. The maximum absolute atomic E-state index is 12.5. The van der Waals surface area contributed by atoms with Crippen LogP contribution in [-0.2, 0) is 9.53 Å². The molecule has 1 unspecified atom stereocenters. The summed E-state index contributed by atoms with van der Waals surface area (Å²) in [6.45, 7) is 5.92. The van der Waals surface area contributed by atoms with Gasteiger partial charge in [0.25, 0.3) is 0 Å². The van der Waals surface area contributed by atoms with E-state index in [4.69, 9.17) is 4.74 Å². The normalized spacial score (nSPS) is 18.1. The van der Waals surface area contributed by atoms with Crippen LogP contribution in [0.2, 0.25) is 0 Å². The van der Waals surface area contributed by atoms with Gasteiger partial charge in [0.2, 0.25) is 5.91 Å². The van der Waals surface area contributed by atoms with Crippen LogP contribution >= 0.6 is 11.3 Å². The molecule has 2 rings (SSSR count). The van der Waals surface area contributed by atoms with E-state index in [1.54, 1.807) is 31.7 Å². The Morgan fingerprint density at radius 2 is 2.17 bits per heavy atom. The van der Waals surface area contributed by atoms with E-state index in [9.17, 15) is 14.4 Å². The van der Waals surface area contributed by atoms with E-state index < -0.39 is 17.7 Å². The summed E-state index contributed by atoms with van der Waals surface area (Å²) in [7, 11) is 0. The number of nitrogens with zero attached hydrogens (tertiary/aromatic N) is 1. The summed E-state index contributed by atoms with van der Waals surface area (Å²) >= 11 is 1.38. The smallest absolute Gasteiger partial charge is 0.407 e. The SMILES string of the molecule is CC(C)(C)OC(=O)NCCN1C(=O)CCC1C(=O)c1cccs1. The number of Topliss-reactive ketones (excluding diaryl/α,β-unsaturated/α-hetero) is 1. The van der Waals surface area contributed by atoms with Crippen LogP contribution in [0.5, 0.6) is 0 Å². The predicted molar refractivity (Wildman–Crippen MR) is 87.6 cm³/mol. The number of rotatable bonds is 5. The Morgan fingerprint density at radius 3 is 2.78 bits per heavy atom. The Morgan fingerprint density at radius 1 is 1.43 bits per heavy atom. The van der Waals surface area contributed by atoms with Crippen molar-refractivity contribution >= 4 is 29.1 Å². The summed E-state index contributed by atoms with van der Waals surface area (Å²) in [4.78, 5) is 38.3. The lowest BCUT2D eigenvalue weighted by atomic mass is 10.1. The van der Waals surface area contributed by atoms with Crippen molar-refractivity contribution in [3.8, 4) is 0 Å². The Hall–Kier alpha value is -1.89. The van der Waals surface area contributed by atoms with Crippen molar-refractivity contribution in [2.45, 2.75) is 45.3 Å². The van der Waals surface area contributed by atoms with Crippen LogP contribution in [-0.4, -0.2) is 47.4 Å². The van der Waals surface area contributed by atoms with Crippen molar-refractivity contribution < 1.29 is 19.1 Å². The van der Waals surface area contributed by atoms with Gasteiger partial charge in [-0.2, -0.15) is 0 Å². The van der Waals surface area contributed by atoms with Crippen LogP contribution in [0.1, 0.15) is 43.3 Å². The molecular formula is C16H22N2O4S. The molecule has 0 saturated carbocycles. The number of thiophene rings is 1. The summed E-state index contributed by atoms with van der Waals surface area (Å²) in [6, 6.07) is 3.16. The second kappa shape index (κ2) is 7.12. The molecular weight excluding hydrogens is 316 g/mol. The van der Waals surface area contributed by atoms with Crippen molar-refractivity contribution in [1.29, 1.82) is 0 Å². The molecule has 2 heterocycles. The third-order valence-corrected chi connectivity index (χ3v) is 4.30. The zero-order valence-corrected chi connectivity index (χ0v) is 14.4. The second-order valence-electron chi connectivity index (χ2n) is 6.41. The van der Waals surface area contributed by atoms with Gasteiger partial charge in [0.05, 0.1) is 10.9 Å². The first-order chi connectivity index (χ1) is 10.8.